The van der Waals surface area contributed by atoms with Gasteiger partial charge in [0.2, 0.25) is 0 Å². The lowest BCUT2D eigenvalue weighted by atomic mass is 10.9. The topological polar surface area (TPSA) is 9.23 Å². The molecule has 0 saturated carbocycles. The molecule has 3 heteroatoms. The van der Waals surface area contributed by atoms with Crippen LogP contribution in [0.2, 0.25) is 13.1 Å². The summed E-state index contributed by atoms with van der Waals surface area (Å²) in [6, 6.07) is 0. The molecule has 0 spiro atoms. The minimum Gasteiger partial charge on any atom is -0.420 e. The summed E-state index contributed by atoms with van der Waals surface area (Å²) in [4.78, 5) is 0. The van der Waals surface area contributed by atoms with Crippen molar-refractivity contribution in [1.82, 2.24) is 0 Å². The van der Waals surface area contributed by atoms with Gasteiger partial charge in [-0.3, -0.25) is 0 Å². The van der Waals surface area contributed by atoms with E-state index >= 15 is 0 Å². The molecule has 0 aromatic heterocycles. The van der Waals surface area contributed by atoms with Gasteiger partial charge in [-0.15, -0.1) is 0 Å². The van der Waals surface area contributed by atoms with E-state index in [1.165, 1.54) is 0 Å². The summed E-state index contributed by atoms with van der Waals surface area (Å²) >= 11 is 3.99. The Balaban J connectivity index is 2.68. The van der Waals surface area contributed by atoms with Crippen molar-refractivity contribution in [1.29, 1.82) is 0 Å². The smallest absolute Gasteiger partial charge is 0.170 e. The summed E-state index contributed by atoms with van der Waals surface area (Å²) in [6.45, 7) is 5.14. The summed E-state index contributed by atoms with van der Waals surface area (Å²) in [6.07, 6.45) is 0. The summed E-state index contributed by atoms with van der Waals surface area (Å²) in [5.41, 5.74) is 0. The second-order valence-electron chi connectivity index (χ2n) is 1.64. The fourth-order valence-corrected chi connectivity index (χ4v) is 1.18. The van der Waals surface area contributed by atoms with E-state index in [2.05, 4.69) is 25.7 Å². The first-order valence-electron chi connectivity index (χ1n) is 2.50. The molecule has 7 heavy (non-hydrogen) atoms. The van der Waals surface area contributed by atoms with Gasteiger partial charge in [0, 0.05) is 12.4 Å². The molecule has 0 aliphatic heterocycles. The fraction of sp³-hybridized carbons (Fsp3) is 1.00. The lowest BCUT2D eigenvalue weighted by Gasteiger charge is -2.01. The van der Waals surface area contributed by atoms with E-state index in [0.717, 1.165) is 12.4 Å². The zero-order valence-corrected chi connectivity index (χ0v) is 6.90. The first kappa shape index (κ1) is 7.53. The Labute approximate surface area is 52.2 Å². The summed E-state index contributed by atoms with van der Waals surface area (Å²) in [5, 5.41) is 0. The van der Waals surface area contributed by atoms with Crippen LogP contribution >= 0.6 is 12.6 Å². The maximum absolute atomic E-state index is 5.25. The van der Waals surface area contributed by atoms with Crippen molar-refractivity contribution < 1.29 is 4.43 Å². The normalized spacial score (nSPS) is 10.3. The van der Waals surface area contributed by atoms with E-state index in [9.17, 15) is 0 Å². The van der Waals surface area contributed by atoms with E-state index in [1.54, 1.807) is 0 Å². The van der Waals surface area contributed by atoms with Crippen LogP contribution in [0.3, 0.4) is 0 Å². The van der Waals surface area contributed by atoms with Gasteiger partial charge in [0.05, 0.1) is 0 Å². The monoisotopic (exact) mass is 136 g/mol. The zero-order chi connectivity index (χ0) is 5.70. The molecule has 0 bridgehead atoms. The molecule has 0 amide bonds. The van der Waals surface area contributed by atoms with Crippen LogP contribution in [-0.2, 0) is 4.43 Å². The van der Waals surface area contributed by atoms with Crippen molar-refractivity contribution in [2.45, 2.75) is 13.1 Å². The van der Waals surface area contributed by atoms with E-state index in [0.29, 0.717) is 0 Å². The Bertz CT molecular complexity index is 40.7. The third kappa shape index (κ3) is 6.53. The highest BCUT2D eigenvalue weighted by Crippen LogP contribution is 1.83. The van der Waals surface area contributed by atoms with Gasteiger partial charge in [0.15, 0.2) is 9.04 Å². The molecule has 0 N–H and O–H groups in total. The van der Waals surface area contributed by atoms with Crippen LogP contribution in [0.4, 0.5) is 0 Å². The SMILES string of the molecule is C[SiH](C)OCCS. The Morgan fingerprint density at radius 1 is 1.57 bits per heavy atom. The third-order valence-electron chi connectivity index (χ3n) is 0.542. The molecule has 0 radical (unpaired) electrons. The Morgan fingerprint density at radius 3 is 2.29 bits per heavy atom. The van der Waals surface area contributed by atoms with Crippen molar-refractivity contribution in [2.75, 3.05) is 12.4 Å². The highest BCUT2D eigenvalue weighted by atomic mass is 32.1. The van der Waals surface area contributed by atoms with Gasteiger partial charge in [-0.2, -0.15) is 12.6 Å². The number of hydrogen-bond acceptors (Lipinski definition) is 2. The highest BCUT2D eigenvalue weighted by molar-refractivity contribution is 7.80. The van der Waals surface area contributed by atoms with Gasteiger partial charge < -0.3 is 4.43 Å². The molecule has 0 aromatic rings. The van der Waals surface area contributed by atoms with Crippen LogP contribution in [0.1, 0.15) is 0 Å². The van der Waals surface area contributed by atoms with Gasteiger partial charge in [0.1, 0.15) is 0 Å². The van der Waals surface area contributed by atoms with Crippen LogP contribution in [0.25, 0.3) is 0 Å². The first-order chi connectivity index (χ1) is 3.27. The standard InChI is InChI=1S/C4H12OSSi/c1-7(2)5-3-4-6/h6-7H,3-4H2,1-2H3. The minimum atomic E-state index is -0.737. The second-order valence-corrected chi connectivity index (χ2v) is 4.52. The van der Waals surface area contributed by atoms with Crippen molar-refractivity contribution in [3.63, 3.8) is 0 Å². The fourth-order valence-electron chi connectivity index (χ4n) is 0.288. The van der Waals surface area contributed by atoms with Gasteiger partial charge in [-0.05, 0) is 13.1 Å². The minimum absolute atomic E-state index is 0.737. The van der Waals surface area contributed by atoms with Crippen molar-refractivity contribution in [3.8, 4) is 0 Å². The van der Waals surface area contributed by atoms with Crippen molar-refractivity contribution in [2.24, 2.45) is 0 Å². The van der Waals surface area contributed by atoms with Crippen LogP contribution in [0.15, 0.2) is 0 Å². The molecule has 0 fully saturated rings. The number of hydrogen-bond donors (Lipinski definition) is 1. The van der Waals surface area contributed by atoms with E-state index < -0.39 is 9.04 Å². The van der Waals surface area contributed by atoms with Crippen LogP contribution in [0.5, 0.6) is 0 Å². The summed E-state index contributed by atoms with van der Waals surface area (Å²) in [7, 11) is -0.737. The summed E-state index contributed by atoms with van der Waals surface area (Å²) in [5.74, 6) is 0.852. The molecule has 0 aliphatic carbocycles. The molecular formula is C4H12OSSi. The predicted octanol–water partition coefficient (Wildman–Crippen LogP) is 0.916. The molecule has 0 aromatic carbocycles. The van der Waals surface area contributed by atoms with Gasteiger partial charge in [0.25, 0.3) is 0 Å². The molecular weight excluding hydrogens is 124 g/mol. The largest absolute Gasteiger partial charge is 0.420 e. The van der Waals surface area contributed by atoms with E-state index in [-0.39, 0.29) is 0 Å². The summed E-state index contributed by atoms with van der Waals surface area (Å²) < 4.78 is 5.25. The van der Waals surface area contributed by atoms with Gasteiger partial charge >= 0.3 is 0 Å². The highest BCUT2D eigenvalue weighted by Gasteiger charge is 1.90. The molecule has 0 heterocycles. The quantitative estimate of drug-likeness (QED) is 0.448. The molecule has 0 aliphatic rings. The van der Waals surface area contributed by atoms with Crippen LogP contribution in [0, 0.1) is 0 Å². The third-order valence-corrected chi connectivity index (χ3v) is 1.63. The zero-order valence-electron chi connectivity index (χ0n) is 4.85. The van der Waals surface area contributed by atoms with Crippen LogP contribution < -0.4 is 0 Å². The molecule has 44 valence electrons. The number of thiol groups is 1. The Hall–Kier alpha value is 0.527. The van der Waals surface area contributed by atoms with Crippen molar-refractivity contribution >= 4 is 21.7 Å². The first-order valence-corrected chi connectivity index (χ1v) is 5.91. The predicted molar refractivity (Wildman–Crippen MR) is 38.7 cm³/mol. The average Bonchev–Trinajstić information content (AvgIpc) is 1.61. The Morgan fingerprint density at radius 2 is 2.14 bits per heavy atom. The van der Waals surface area contributed by atoms with Crippen molar-refractivity contribution in [3.05, 3.63) is 0 Å². The number of rotatable bonds is 3. The molecule has 1 nitrogen and oxygen atoms in total. The molecule has 0 saturated heterocycles. The lowest BCUT2D eigenvalue weighted by molar-refractivity contribution is 0.355. The molecule has 0 unspecified atom stereocenters. The van der Waals surface area contributed by atoms with Gasteiger partial charge in [-0.1, -0.05) is 0 Å². The Kier molecular flexibility index (Phi) is 5.03. The second kappa shape index (κ2) is 4.68. The van der Waals surface area contributed by atoms with E-state index in [4.69, 9.17) is 4.43 Å². The molecule has 0 atom stereocenters. The maximum Gasteiger partial charge on any atom is 0.170 e. The lowest BCUT2D eigenvalue weighted by Crippen LogP contribution is -2.08. The molecule has 0 rings (SSSR count). The van der Waals surface area contributed by atoms with E-state index in [1.807, 2.05) is 0 Å². The van der Waals surface area contributed by atoms with Crippen LogP contribution in [-0.4, -0.2) is 21.4 Å². The average molecular weight is 136 g/mol. The maximum atomic E-state index is 5.25. The van der Waals surface area contributed by atoms with Gasteiger partial charge in [-0.25, -0.2) is 0 Å².